The maximum Gasteiger partial charge on any atom is 0.192 e. The summed E-state index contributed by atoms with van der Waals surface area (Å²) in [7, 11) is -1.92. The molecule has 5 heteroatoms. The molecule has 0 aromatic heterocycles. The highest BCUT2D eigenvalue weighted by Gasteiger charge is 2.46. The molecule has 0 amide bonds. The Morgan fingerprint density at radius 1 is 1.38 bits per heavy atom. The van der Waals surface area contributed by atoms with Crippen LogP contribution in [0.25, 0.3) is 0 Å². The lowest BCUT2D eigenvalue weighted by molar-refractivity contribution is -0.121. The quantitative estimate of drug-likeness (QED) is 0.585. The lowest BCUT2D eigenvalue weighted by atomic mass is 9.64. The Hall–Kier alpha value is -0.753. The molecular formula is C19H34O4Si. The molecule has 138 valence electrons. The molecule has 4 nitrogen and oxygen atoms in total. The molecule has 1 rings (SSSR count). The average Bonchev–Trinajstić information content (AvgIpc) is 2.38. The average molecular weight is 355 g/mol. The summed E-state index contributed by atoms with van der Waals surface area (Å²) < 4.78 is 6.01. The van der Waals surface area contributed by atoms with E-state index in [-0.39, 0.29) is 23.8 Å². The van der Waals surface area contributed by atoms with Crippen molar-refractivity contribution in [2.45, 2.75) is 77.8 Å². The van der Waals surface area contributed by atoms with E-state index in [2.05, 4.69) is 33.9 Å². The van der Waals surface area contributed by atoms with E-state index in [4.69, 9.17) is 4.43 Å². The highest BCUT2D eigenvalue weighted by atomic mass is 28.4. The van der Waals surface area contributed by atoms with E-state index in [1.54, 1.807) is 19.1 Å². The van der Waals surface area contributed by atoms with E-state index in [1.807, 2.05) is 13.8 Å². The molecular weight excluding hydrogens is 320 g/mol. The van der Waals surface area contributed by atoms with Gasteiger partial charge in [0, 0.05) is 11.8 Å². The van der Waals surface area contributed by atoms with Crippen LogP contribution in [0.1, 0.15) is 48.0 Å². The van der Waals surface area contributed by atoms with Gasteiger partial charge in [0.05, 0.1) is 12.7 Å². The van der Waals surface area contributed by atoms with Crippen molar-refractivity contribution in [1.82, 2.24) is 0 Å². The Bertz CT molecular complexity index is 540. The molecule has 0 spiro atoms. The van der Waals surface area contributed by atoms with E-state index in [0.717, 1.165) is 0 Å². The first-order chi connectivity index (χ1) is 10.6. The molecule has 1 aliphatic rings. The minimum Gasteiger partial charge on any atom is -0.414 e. The predicted octanol–water partition coefficient (Wildman–Crippen LogP) is 3.60. The standard InChI is InChI=1S/C19H34O4Si/c1-14-11-16(21)12-18(5,6)19(14,22)10-9-15(20)13-23-24(7,8)17(2,3)4/h9-11,15,20,22H,12-13H2,1-8H3/b10-9+/t15-,19+/m0/s1. The van der Waals surface area contributed by atoms with Gasteiger partial charge in [-0.3, -0.25) is 4.79 Å². The zero-order valence-corrected chi connectivity index (χ0v) is 17.4. The van der Waals surface area contributed by atoms with Crippen LogP contribution in [0, 0.1) is 5.41 Å². The normalized spacial score (nSPS) is 26.6. The molecule has 0 heterocycles. The van der Waals surface area contributed by atoms with E-state index in [9.17, 15) is 15.0 Å². The van der Waals surface area contributed by atoms with Gasteiger partial charge >= 0.3 is 0 Å². The first-order valence-electron chi connectivity index (χ1n) is 8.58. The van der Waals surface area contributed by atoms with E-state index >= 15 is 0 Å². The summed E-state index contributed by atoms with van der Waals surface area (Å²) in [5, 5.41) is 21.4. The maximum absolute atomic E-state index is 11.7. The van der Waals surface area contributed by atoms with Gasteiger partial charge in [-0.1, -0.05) is 40.7 Å². The summed E-state index contributed by atoms with van der Waals surface area (Å²) >= 11 is 0. The third kappa shape index (κ3) is 4.45. The molecule has 2 atom stereocenters. The van der Waals surface area contributed by atoms with Crippen LogP contribution in [0.2, 0.25) is 18.1 Å². The summed E-state index contributed by atoms with van der Waals surface area (Å²) in [6.45, 7) is 16.4. The van der Waals surface area contributed by atoms with Crippen LogP contribution in [-0.4, -0.2) is 42.6 Å². The van der Waals surface area contributed by atoms with Crippen LogP contribution in [0.3, 0.4) is 0 Å². The molecule has 0 bridgehead atoms. The number of aliphatic hydroxyl groups excluding tert-OH is 1. The molecule has 0 aromatic carbocycles. The third-order valence-corrected chi connectivity index (χ3v) is 10.1. The number of carbonyl (C=O) groups is 1. The van der Waals surface area contributed by atoms with Crippen LogP contribution in [0.15, 0.2) is 23.8 Å². The van der Waals surface area contributed by atoms with Crippen LogP contribution in [-0.2, 0) is 9.22 Å². The maximum atomic E-state index is 11.7. The molecule has 0 aromatic rings. The van der Waals surface area contributed by atoms with Gasteiger partial charge < -0.3 is 14.6 Å². The Kier molecular flexibility index (Phi) is 6.09. The molecule has 0 unspecified atom stereocenters. The van der Waals surface area contributed by atoms with Gasteiger partial charge in [0.15, 0.2) is 14.1 Å². The minimum atomic E-state index is -1.92. The molecule has 24 heavy (non-hydrogen) atoms. The van der Waals surface area contributed by atoms with Gasteiger partial charge in [-0.05, 0) is 42.8 Å². The van der Waals surface area contributed by atoms with Gasteiger partial charge in [-0.2, -0.15) is 0 Å². The van der Waals surface area contributed by atoms with Crippen molar-refractivity contribution in [3.63, 3.8) is 0 Å². The Morgan fingerprint density at radius 2 is 1.92 bits per heavy atom. The number of hydrogen-bond acceptors (Lipinski definition) is 4. The molecule has 0 saturated heterocycles. The monoisotopic (exact) mass is 354 g/mol. The van der Waals surface area contributed by atoms with Gasteiger partial charge in [0.2, 0.25) is 0 Å². The van der Waals surface area contributed by atoms with Crippen LogP contribution in [0.4, 0.5) is 0 Å². The van der Waals surface area contributed by atoms with E-state index in [1.165, 1.54) is 6.08 Å². The minimum absolute atomic E-state index is 0.0254. The van der Waals surface area contributed by atoms with Gasteiger partial charge in [-0.15, -0.1) is 0 Å². The van der Waals surface area contributed by atoms with Crippen molar-refractivity contribution in [1.29, 1.82) is 0 Å². The fourth-order valence-electron chi connectivity index (χ4n) is 2.68. The number of carbonyl (C=O) groups excluding carboxylic acids is 1. The SMILES string of the molecule is CC1=CC(=O)CC(C)(C)[C@@]1(O)/C=C/[C@H](O)CO[Si](C)(C)C(C)(C)C. The van der Waals surface area contributed by atoms with Crippen LogP contribution < -0.4 is 0 Å². The highest BCUT2D eigenvalue weighted by Crippen LogP contribution is 2.44. The Balaban J connectivity index is 2.84. The zero-order chi connectivity index (χ0) is 19.0. The van der Waals surface area contributed by atoms with Crippen LogP contribution in [0.5, 0.6) is 0 Å². The first-order valence-corrected chi connectivity index (χ1v) is 11.5. The van der Waals surface area contributed by atoms with Crippen molar-refractivity contribution < 1.29 is 19.4 Å². The lowest BCUT2D eigenvalue weighted by Gasteiger charge is -2.44. The second kappa shape index (κ2) is 6.87. The van der Waals surface area contributed by atoms with E-state index in [0.29, 0.717) is 5.57 Å². The number of hydrogen-bond donors (Lipinski definition) is 2. The Labute approximate surface area is 147 Å². The van der Waals surface area contributed by atoms with Gasteiger partial charge in [0.25, 0.3) is 0 Å². The van der Waals surface area contributed by atoms with Gasteiger partial charge in [-0.25, -0.2) is 0 Å². The highest BCUT2D eigenvalue weighted by molar-refractivity contribution is 6.74. The summed E-state index contributed by atoms with van der Waals surface area (Å²) in [6.07, 6.45) is 4.19. The Morgan fingerprint density at radius 3 is 2.38 bits per heavy atom. The summed E-state index contributed by atoms with van der Waals surface area (Å²) in [5.41, 5.74) is -1.24. The van der Waals surface area contributed by atoms with Gasteiger partial charge in [0.1, 0.15) is 5.60 Å². The number of ketones is 1. The second-order valence-corrected chi connectivity index (χ2v) is 13.9. The molecule has 0 aliphatic heterocycles. The van der Waals surface area contributed by atoms with Crippen LogP contribution >= 0.6 is 0 Å². The number of rotatable bonds is 5. The van der Waals surface area contributed by atoms with Crippen molar-refractivity contribution in [3.8, 4) is 0 Å². The van der Waals surface area contributed by atoms with Crippen molar-refractivity contribution in [3.05, 3.63) is 23.8 Å². The molecule has 0 radical (unpaired) electrons. The number of aliphatic hydroxyl groups is 2. The smallest absolute Gasteiger partial charge is 0.192 e. The first kappa shape index (κ1) is 21.3. The van der Waals surface area contributed by atoms with Crippen molar-refractivity contribution in [2.24, 2.45) is 5.41 Å². The summed E-state index contributed by atoms with van der Waals surface area (Å²) in [5.74, 6) is 0.0254. The molecule has 1 aliphatic carbocycles. The molecule has 0 fully saturated rings. The third-order valence-electron chi connectivity index (χ3n) is 5.61. The summed E-state index contributed by atoms with van der Waals surface area (Å²) in [6, 6.07) is 0. The van der Waals surface area contributed by atoms with E-state index < -0.39 is 25.4 Å². The molecule has 2 N–H and O–H groups in total. The molecule has 0 saturated carbocycles. The van der Waals surface area contributed by atoms with Crippen molar-refractivity contribution >= 4 is 14.1 Å². The second-order valence-electron chi connectivity index (χ2n) is 9.12. The number of allylic oxidation sites excluding steroid dienone is 1. The predicted molar refractivity (Wildman–Crippen MR) is 100 cm³/mol. The van der Waals surface area contributed by atoms with Crippen molar-refractivity contribution in [2.75, 3.05) is 6.61 Å². The zero-order valence-electron chi connectivity index (χ0n) is 16.4. The summed E-state index contributed by atoms with van der Waals surface area (Å²) in [4.78, 5) is 11.7. The lowest BCUT2D eigenvalue weighted by Crippen LogP contribution is -2.48. The topological polar surface area (TPSA) is 66.8 Å². The largest absolute Gasteiger partial charge is 0.414 e. The fourth-order valence-corrected chi connectivity index (χ4v) is 3.70. The fraction of sp³-hybridized carbons (Fsp3) is 0.737.